The molecule has 0 radical (unpaired) electrons. The normalized spacial score (nSPS) is 10.7. The zero-order chi connectivity index (χ0) is 23.5. The number of aromatic nitrogens is 2. The molecule has 8 nitrogen and oxygen atoms in total. The topological polar surface area (TPSA) is 88.6 Å². The van der Waals surface area contributed by atoms with E-state index in [2.05, 4.69) is 53.3 Å². The summed E-state index contributed by atoms with van der Waals surface area (Å²) in [7, 11) is 3.30. The van der Waals surface area contributed by atoms with Crippen molar-refractivity contribution in [3.8, 4) is 11.8 Å². The van der Waals surface area contributed by atoms with E-state index < -0.39 is 5.91 Å². The highest BCUT2D eigenvalue weighted by Gasteiger charge is 2.10. The SMILES string of the molecule is COCCN(CC#CC(=O)Nc1nc(Nc2cccc(Br)c2)c2ccccc2n1)CCOC. The fourth-order valence-corrected chi connectivity index (χ4v) is 3.41. The molecule has 3 aromatic rings. The van der Waals surface area contributed by atoms with Gasteiger partial charge in [-0.05, 0) is 36.3 Å². The number of carbonyl (C=O) groups is 1. The van der Waals surface area contributed by atoms with Gasteiger partial charge in [0.15, 0.2) is 0 Å². The molecule has 0 atom stereocenters. The summed E-state index contributed by atoms with van der Waals surface area (Å²) in [4.78, 5) is 23.4. The van der Waals surface area contributed by atoms with Crippen molar-refractivity contribution >= 4 is 50.2 Å². The summed E-state index contributed by atoms with van der Waals surface area (Å²) in [5.41, 5.74) is 1.57. The lowest BCUT2D eigenvalue weighted by molar-refractivity contribution is -0.111. The van der Waals surface area contributed by atoms with Crippen molar-refractivity contribution in [2.75, 3.05) is 57.7 Å². The van der Waals surface area contributed by atoms with Gasteiger partial charge in [0.05, 0.1) is 25.3 Å². The Kier molecular flexibility index (Phi) is 9.59. The van der Waals surface area contributed by atoms with E-state index in [1.807, 2.05) is 48.5 Å². The molecule has 9 heteroatoms. The Hall–Kier alpha value is -3.03. The molecule has 0 saturated carbocycles. The van der Waals surface area contributed by atoms with E-state index in [1.165, 1.54) is 0 Å². The molecule has 0 saturated heterocycles. The molecule has 0 unspecified atom stereocenters. The van der Waals surface area contributed by atoms with Crippen molar-refractivity contribution in [2.45, 2.75) is 0 Å². The largest absolute Gasteiger partial charge is 0.383 e. The first-order valence-corrected chi connectivity index (χ1v) is 11.2. The summed E-state index contributed by atoms with van der Waals surface area (Å²) >= 11 is 3.47. The summed E-state index contributed by atoms with van der Waals surface area (Å²) in [5, 5.41) is 6.82. The molecule has 172 valence electrons. The third-order valence-electron chi connectivity index (χ3n) is 4.64. The van der Waals surface area contributed by atoms with E-state index in [0.717, 1.165) is 15.5 Å². The maximum atomic E-state index is 12.4. The van der Waals surface area contributed by atoms with Crippen LogP contribution in [0.2, 0.25) is 0 Å². The number of amides is 1. The first-order chi connectivity index (χ1) is 16.1. The van der Waals surface area contributed by atoms with E-state index in [4.69, 9.17) is 9.47 Å². The molecule has 2 N–H and O–H groups in total. The van der Waals surface area contributed by atoms with Crippen molar-refractivity contribution in [2.24, 2.45) is 0 Å². The summed E-state index contributed by atoms with van der Waals surface area (Å²) in [5.74, 6) is 5.80. The molecule has 0 aliphatic rings. The summed E-state index contributed by atoms with van der Waals surface area (Å²) in [6.07, 6.45) is 0. The Morgan fingerprint density at radius 2 is 1.82 bits per heavy atom. The molecule has 0 fully saturated rings. The van der Waals surface area contributed by atoms with Gasteiger partial charge >= 0.3 is 5.91 Å². The molecule has 0 aliphatic heterocycles. The molecule has 3 rings (SSSR count). The van der Waals surface area contributed by atoms with E-state index in [1.54, 1.807) is 14.2 Å². The van der Waals surface area contributed by atoms with Crippen molar-refractivity contribution in [3.63, 3.8) is 0 Å². The highest BCUT2D eigenvalue weighted by atomic mass is 79.9. The first kappa shape index (κ1) is 24.6. The average Bonchev–Trinajstić information content (AvgIpc) is 2.80. The fourth-order valence-electron chi connectivity index (χ4n) is 3.01. The predicted molar refractivity (Wildman–Crippen MR) is 134 cm³/mol. The molecule has 1 aromatic heterocycles. The number of para-hydroxylation sites is 1. The van der Waals surface area contributed by atoms with Crippen molar-refractivity contribution in [1.29, 1.82) is 0 Å². The minimum atomic E-state index is -0.475. The molecule has 1 heterocycles. The minimum Gasteiger partial charge on any atom is -0.383 e. The van der Waals surface area contributed by atoms with Crippen LogP contribution in [0.25, 0.3) is 10.9 Å². The molecule has 2 aromatic carbocycles. The maximum absolute atomic E-state index is 12.4. The molecular formula is C24H26BrN5O3. The number of anilines is 3. The van der Waals surface area contributed by atoms with Crippen LogP contribution in [0.15, 0.2) is 53.0 Å². The molecule has 0 spiro atoms. The standard InChI is InChI=1S/C24H26BrN5O3/c1-32-15-13-30(14-16-33-2)12-6-11-22(31)28-24-27-21-10-4-3-9-20(21)23(29-24)26-19-8-5-7-18(25)17-19/h3-5,7-10,17H,12-16H2,1-2H3,(H2,26,27,28,29,31). The van der Waals surface area contributed by atoms with Crippen molar-refractivity contribution < 1.29 is 14.3 Å². The van der Waals surface area contributed by atoms with Crippen LogP contribution in [0.1, 0.15) is 0 Å². The second-order valence-corrected chi connectivity index (χ2v) is 7.98. The highest BCUT2D eigenvalue weighted by Crippen LogP contribution is 2.26. The number of halogens is 1. The van der Waals surface area contributed by atoms with Crippen LogP contribution in [0.4, 0.5) is 17.5 Å². The van der Waals surface area contributed by atoms with Crippen LogP contribution >= 0.6 is 15.9 Å². The number of ether oxygens (including phenoxy) is 2. The van der Waals surface area contributed by atoms with Crippen LogP contribution in [0.5, 0.6) is 0 Å². The van der Waals surface area contributed by atoms with Gasteiger partial charge in [-0.25, -0.2) is 4.98 Å². The number of nitrogens with zero attached hydrogens (tertiary/aromatic N) is 3. The lowest BCUT2D eigenvalue weighted by Crippen LogP contribution is -2.31. The van der Waals surface area contributed by atoms with Crippen molar-refractivity contribution in [1.82, 2.24) is 14.9 Å². The molecule has 33 heavy (non-hydrogen) atoms. The number of hydrogen-bond acceptors (Lipinski definition) is 7. The zero-order valence-electron chi connectivity index (χ0n) is 18.6. The third-order valence-corrected chi connectivity index (χ3v) is 5.14. The third kappa shape index (κ3) is 7.80. The predicted octanol–water partition coefficient (Wildman–Crippen LogP) is 3.67. The number of fused-ring (bicyclic) bond motifs is 1. The lowest BCUT2D eigenvalue weighted by atomic mass is 10.2. The van der Waals surface area contributed by atoms with Gasteiger partial charge in [0.1, 0.15) is 5.82 Å². The smallest absolute Gasteiger partial charge is 0.302 e. The van der Waals surface area contributed by atoms with Crippen LogP contribution in [0, 0.1) is 11.8 Å². The number of carbonyl (C=O) groups excluding carboxylic acids is 1. The Morgan fingerprint density at radius 1 is 1.06 bits per heavy atom. The first-order valence-electron chi connectivity index (χ1n) is 10.4. The summed E-state index contributed by atoms with van der Waals surface area (Å²) in [6.45, 7) is 2.99. The Balaban J connectivity index is 1.73. The number of methoxy groups -OCH3 is 2. The van der Waals surface area contributed by atoms with Gasteiger partial charge in [-0.3, -0.25) is 15.0 Å². The highest BCUT2D eigenvalue weighted by molar-refractivity contribution is 9.10. The van der Waals surface area contributed by atoms with E-state index in [0.29, 0.717) is 44.2 Å². The van der Waals surface area contributed by atoms with Gasteiger partial charge in [0.2, 0.25) is 5.95 Å². The Morgan fingerprint density at radius 3 is 2.55 bits per heavy atom. The maximum Gasteiger partial charge on any atom is 0.302 e. The van der Waals surface area contributed by atoms with Gasteiger partial charge in [0, 0.05) is 42.9 Å². The number of hydrogen-bond donors (Lipinski definition) is 2. The minimum absolute atomic E-state index is 0.182. The molecule has 1 amide bonds. The number of benzene rings is 2. The van der Waals surface area contributed by atoms with Crippen LogP contribution < -0.4 is 10.6 Å². The fraction of sp³-hybridized carbons (Fsp3) is 0.292. The van der Waals surface area contributed by atoms with Crippen LogP contribution in [-0.4, -0.2) is 67.8 Å². The van der Waals surface area contributed by atoms with E-state index >= 15 is 0 Å². The van der Waals surface area contributed by atoms with Crippen LogP contribution in [-0.2, 0) is 14.3 Å². The van der Waals surface area contributed by atoms with Crippen molar-refractivity contribution in [3.05, 3.63) is 53.0 Å². The zero-order valence-corrected chi connectivity index (χ0v) is 20.2. The van der Waals surface area contributed by atoms with Crippen LogP contribution in [0.3, 0.4) is 0 Å². The van der Waals surface area contributed by atoms with Gasteiger partial charge in [-0.15, -0.1) is 0 Å². The average molecular weight is 512 g/mol. The Bertz CT molecular complexity index is 1140. The van der Waals surface area contributed by atoms with Gasteiger partial charge in [-0.1, -0.05) is 40.0 Å². The quantitative estimate of drug-likeness (QED) is 0.401. The van der Waals surface area contributed by atoms with E-state index in [-0.39, 0.29) is 5.95 Å². The second-order valence-electron chi connectivity index (χ2n) is 7.07. The van der Waals surface area contributed by atoms with Gasteiger partial charge < -0.3 is 14.8 Å². The Labute approximate surface area is 201 Å². The summed E-state index contributed by atoms with van der Waals surface area (Å²) < 4.78 is 11.2. The number of rotatable bonds is 10. The monoisotopic (exact) mass is 511 g/mol. The van der Waals surface area contributed by atoms with E-state index in [9.17, 15) is 4.79 Å². The van der Waals surface area contributed by atoms with Gasteiger partial charge in [0.25, 0.3) is 0 Å². The molecular weight excluding hydrogens is 486 g/mol. The summed E-state index contributed by atoms with van der Waals surface area (Å²) in [6, 6.07) is 15.3. The second kappa shape index (κ2) is 12.9. The van der Waals surface area contributed by atoms with Gasteiger partial charge in [-0.2, -0.15) is 4.98 Å². The molecule has 0 bridgehead atoms. The number of nitrogens with one attached hydrogen (secondary N) is 2. The lowest BCUT2D eigenvalue weighted by Gasteiger charge is -2.18. The molecule has 0 aliphatic carbocycles.